The van der Waals surface area contributed by atoms with E-state index in [9.17, 15) is 0 Å². The minimum absolute atomic E-state index is 0.407. The van der Waals surface area contributed by atoms with Gasteiger partial charge in [-0.15, -0.1) is 0 Å². The zero-order valence-corrected chi connectivity index (χ0v) is 12.4. The molecule has 1 N–H and O–H groups in total. The topological polar surface area (TPSA) is 34.4 Å². The second-order valence-electron chi connectivity index (χ2n) is 6.02. The highest BCUT2D eigenvalue weighted by molar-refractivity contribution is 5.16. The Morgan fingerprint density at radius 3 is 2.89 bits per heavy atom. The summed E-state index contributed by atoms with van der Waals surface area (Å²) >= 11 is 0. The molecule has 0 aromatic carbocycles. The number of ether oxygens (including phenoxy) is 1. The molecular weight excluding hydrogens is 238 g/mol. The third kappa shape index (κ3) is 4.36. The Bertz CT molecular complexity index is 373. The molecule has 108 valence electrons. The molecule has 1 aliphatic rings. The molecule has 1 aromatic rings. The lowest BCUT2D eigenvalue weighted by molar-refractivity contribution is -0.0223. The molecule has 2 rings (SSSR count). The number of hydrogen-bond donors (Lipinski definition) is 1. The molecule has 0 aliphatic heterocycles. The zero-order valence-electron chi connectivity index (χ0n) is 12.4. The van der Waals surface area contributed by atoms with Gasteiger partial charge < -0.3 is 14.5 Å². The first kappa shape index (κ1) is 14.6. The highest BCUT2D eigenvalue weighted by Crippen LogP contribution is 2.27. The molecule has 19 heavy (non-hydrogen) atoms. The van der Waals surface area contributed by atoms with Crippen molar-refractivity contribution < 1.29 is 9.15 Å². The van der Waals surface area contributed by atoms with Crippen LogP contribution in [0, 0.1) is 5.92 Å². The summed E-state index contributed by atoms with van der Waals surface area (Å²) in [5.74, 6) is 1.66. The maximum Gasteiger partial charge on any atom is 0.133 e. The van der Waals surface area contributed by atoms with E-state index in [1.807, 2.05) is 6.07 Å². The van der Waals surface area contributed by atoms with Gasteiger partial charge in [-0.1, -0.05) is 33.6 Å². The molecule has 0 bridgehead atoms. The van der Waals surface area contributed by atoms with Gasteiger partial charge in [0.25, 0.3) is 0 Å². The zero-order chi connectivity index (χ0) is 13.7. The number of furan rings is 1. The Balaban J connectivity index is 1.83. The Morgan fingerprint density at radius 1 is 1.37 bits per heavy atom. The van der Waals surface area contributed by atoms with Crippen LogP contribution in [-0.2, 0) is 17.9 Å². The number of nitrogens with one attached hydrogen (secondary N) is 1. The van der Waals surface area contributed by atoms with Crippen molar-refractivity contribution in [3.05, 3.63) is 23.7 Å². The summed E-state index contributed by atoms with van der Waals surface area (Å²) in [6.45, 7) is 8.07. The van der Waals surface area contributed by atoms with Crippen LogP contribution in [0.15, 0.2) is 16.7 Å². The molecular formula is C16H27NO2. The van der Waals surface area contributed by atoms with Crippen molar-refractivity contribution >= 4 is 0 Å². The van der Waals surface area contributed by atoms with Crippen LogP contribution in [0.5, 0.6) is 0 Å². The van der Waals surface area contributed by atoms with E-state index in [1.165, 1.54) is 31.2 Å². The molecule has 0 amide bonds. The molecule has 3 nitrogen and oxygen atoms in total. The Hall–Kier alpha value is -0.800. The maximum atomic E-state index is 6.07. The summed E-state index contributed by atoms with van der Waals surface area (Å²) < 4.78 is 11.6. The van der Waals surface area contributed by atoms with Gasteiger partial charge in [-0.2, -0.15) is 0 Å². The van der Waals surface area contributed by atoms with Crippen molar-refractivity contribution in [1.29, 1.82) is 0 Å². The third-order valence-corrected chi connectivity index (χ3v) is 4.00. The van der Waals surface area contributed by atoms with E-state index in [4.69, 9.17) is 9.15 Å². The van der Waals surface area contributed by atoms with Gasteiger partial charge in [0.1, 0.15) is 12.4 Å². The first-order valence-corrected chi connectivity index (χ1v) is 7.57. The first-order valence-electron chi connectivity index (χ1n) is 7.57. The molecule has 1 aromatic heterocycles. The van der Waals surface area contributed by atoms with Gasteiger partial charge in [0.15, 0.2) is 0 Å². The first-order chi connectivity index (χ1) is 9.16. The van der Waals surface area contributed by atoms with Gasteiger partial charge in [0.2, 0.25) is 0 Å². The van der Waals surface area contributed by atoms with E-state index in [1.54, 1.807) is 6.26 Å². The molecule has 0 spiro atoms. The standard InChI is InChI=1S/C16H27NO2/c1-12(2)17-10-14-8-9-18-16(14)11-19-15-7-5-4-6-13(15)3/h8-9,12-13,15,17H,4-7,10-11H2,1-3H3. The summed E-state index contributed by atoms with van der Waals surface area (Å²) in [7, 11) is 0. The van der Waals surface area contributed by atoms with E-state index in [0.717, 1.165) is 12.3 Å². The van der Waals surface area contributed by atoms with E-state index >= 15 is 0 Å². The fraction of sp³-hybridized carbons (Fsp3) is 0.750. The minimum atomic E-state index is 0.407. The normalized spacial score (nSPS) is 24.0. The third-order valence-electron chi connectivity index (χ3n) is 4.00. The molecule has 2 unspecified atom stereocenters. The van der Waals surface area contributed by atoms with Crippen molar-refractivity contribution in [1.82, 2.24) is 5.32 Å². The average molecular weight is 265 g/mol. The van der Waals surface area contributed by atoms with Crippen LogP contribution in [0.1, 0.15) is 57.8 Å². The molecule has 0 saturated heterocycles. The van der Waals surface area contributed by atoms with Crippen LogP contribution in [-0.4, -0.2) is 12.1 Å². The second kappa shape index (κ2) is 7.11. The lowest BCUT2D eigenvalue weighted by Crippen LogP contribution is -2.26. The van der Waals surface area contributed by atoms with E-state index in [2.05, 4.69) is 26.1 Å². The lowest BCUT2D eigenvalue weighted by atomic mass is 9.88. The van der Waals surface area contributed by atoms with E-state index < -0.39 is 0 Å². The fourth-order valence-electron chi connectivity index (χ4n) is 2.68. The van der Waals surface area contributed by atoms with E-state index in [0.29, 0.717) is 24.7 Å². The van der Waals surface area contributed by atoms with Crippen molar-refractivity contribution in [3.8, 4) is 0 Å². The summed E-state index contributed by atoms with van der Waals surface area (Å²) in [4.78, 5) is 0. The van der Waals surface area contributed by atoms with Crippen LogP contribution in [0.2, 0.25) is 0 Å². The van der Waals surface area contributed by atoms with Gasteiger partial charge in [-0.05, 0) is 24.8 Å². The molecule has 1 saturated carbocycles. The predicted octanol–water partition coefficient (Wildman–Crippen LogP) is 3.87. The van der Waals surface area contributed by atoms with Crippen LogP contribution in [0.25, 0.3) is 0 Å². The van der Waals surface area contributed by atoms with Crippen LogP contribution in [0.3, 0.4) is 0 Å². The SMILES string of the molecule is CC(C)NCc1ccoc1COC1CCCCC1C. The summed E-state index contributed by atoms with van der Waals surface area (Å²) in [6.07, 6.45) is 7.32. The summed E-state index contributed by atoms with van der Waals surface area (Å²) in [5.41, 5.74) is 1.22. The molecule has 1 fully saturated rings. The largest absolute Gasteiger partial charge is 0.467 e. The van der Waals surface area contributed by atoms with Gasteiger partial charge >= 0.3 is 0 Å². The maximum absolute atomic E-state index is 6.07. The monoisotopic (exact) mass is 265 g/mol. The molecule has 1 aliphatic carbocycles. The van der Waals surface area contributed by atoms with Crippen LogP contribution < -0.4 is 5.32 Å². The van der Waals surface area contributed by atoms with Crippen molar-refractivity contribution in [2.24, 2.45) is 5.92 Å². The number of hydrogen-bond acceptors (Lipinski definition) is 3. The molecule has 2 atom stereocenters. The van der Waals surface area contributed by atoms with Gasteiger partial charge in [-0.3, -0.25) is 0 Å². The quantitative estimate of drug-likeness (QED) is 0.847. The Kier molecular flexibility index (Phi) is 5.46. The average Bonchev–Trinajstić information content (AvgIpc) is 2.83. The lowest BCUT2D eigenvalue weighted by Gasteiger charge is -2.28. The van der Waals surface area contributed by atoms with E-state index in [-0.39, 0.29) is 0 Å². The fourth-order valence-corrected chi connectivity index (χ4v) is 2.68. The van der Waals surface area contributed by atoms with Gasteiger partial charge in [-0.25, -0.2) is 0 Å². The molecule has 0 radical (unpaired) electrons. The van der Waals surface area contributed by atoms with Crippen LogP contribution >= 0.6 is 0 Å². The number of rotatable bonds is 6. The Labute approximate surface area is 116 Å². The van der Waals surface area contributed by atoms with Gasteiger partial charge in [0, 0.05) is 18.2 Å². The smallest absolute Gasteiger partial charge is 0.133 e. The molecule has 1 heterocycles. The highest BCUT2D eigenvalue weighted by atomic mass is 16.5. The van der Waals surface area contributed by atoms with Crippen LogP contribution in [0.4, 0.5) is 0 Å². The Morgan fingerprint density at radius 2 is 2.16 bits per heavy atom. The van der Waals surface area contributed by atoms with Gasteiger partial charge in [0.05, 0.1) is 12.4 Å². The van der Waals surface area contributed by atoms with Crippen molar-refractivity contribution in [2.45, 2.75) is 71.8 Å². The highest BCUT2D eigenvalue weighted by Gasteiger charge is 2.22. The summed E-state index contributed by atoms with van der Waals surface area (Å²) in [6, 6.07) is 2.53. The predicted molar refractivity (Wildman–Crippen MR) is 76.9 cm³/mol. The minimum Gasteiger partial charge on any atom is -0.467 e. The summed E-state index contributed by atoms with van der Waals surface area (Å²) in [5, 5.41) is 3.42. The molecule has 3 heteroatoms. The van der Waals surface area contributed by atoms with Crippen molar-refractivity contribution in [3.63, 3.8) is 0 Å². The second-order valence-corrected chi connectivity index (χ2v) is 6.02. The van der Waals surface area contributed by atoms with Crippen molar-refractivity contribution in [2.75, 3.05) is 0 Å².